The number of rotatable bonds is 5. The Balaban J connectivity index is 1.72. The van der Waals surface area contributed by atoms with Crippen LogP contribution in [-0.2, 0) is 11.3 Å². The smallest absolute Gasteiger partial charge is 0.254 e. The lowest BCUT2D eigenvalue weighted by Gasteiger charge is -2.10. The largest absolute Gasteiger partial charge is 0.378 e. The number of methoxy groups -OCH3 is 1. The number of hydrogen-bond acceptors (Lipinski definition) is 6. The summed E-state index contributed by atoms with van der Waals surface area (Å²) in [4.78, 5) is 8.57. The second kappa shape index (κ2) is 6.33. The van der Waals surface area contributed by atoms with E-state index in [1.165, 1.54) is 6.33 Å². The molecule has 3 aromatic heterocycles. The summed E-state index contributed by atoms with van der Waals surface area (Å²) in [5.41, 5.74) is 3.66. The van der Waals surface area contributed by atoms with Crippen molar-refractivity contribution in [3.63, 3.8) is 0 Å². The maximum absolute atomic E-state index is 5.18. The minimum atomic E-state index is 0.403. The molecule has 8 heteroatoms. The maximum atomic E-state index is 5.18. The fourth-order valence-corrected chi connectivity index (χ4v) is 2.67. The lowest BCUT2D eigenvalue weighted by Crippen LogP contribution is -2.05. The van der Waals surface area contributed by atoms with Gasteiger partial charge < -0.3 is 10.1 Å². The number of nitrogens with zero attached hydrogens (tertiary/aromatic N) is 6. The van der Waals surface area contributed by atoms with E-state index in [-0.39, 0.29) is 0 Å². The molecule has 0 aliphatic carbocycles. The van der Waals surface area contributed by atoms with E-state index < -0.39 is 0 Å². The first kappa shape index (κ1) is 15.3. The third kappa shape index (κ3) is 2.83. The standard InChI is InChI=1S/C17H17N7O/c1-12-15(9-19-23(12)14-6-4-3-5-7-14)22-16-8-13(10-25-2)21-17-18-11-20-24(16)17/h3-9,11,22H,10H2,1-2H3. The summed E-state index contributed by atoms with van der Waals surface area (Å²) in [6.07, 6.45) is 3.27. The van der Waals surface area contributed by atoms with Crippen LogP contribution in [0.15, 0.2) is 48.9 Å². The Kier molecular flexibility index (Phi) is 3.87. The number of ether oxygens (including phenoxy) is 1. The van der Waals surface area contributed by atoms with Crippen LogP contribution in [0.1, 0.15) is 11.4 Å². The molecule has 0 amide bonds. The highest BCUT2D eigenvalue weighted by atomic mass is 16.5. The van der Waals surface area contributed by atoms with Crippen LogP contribution in [0.4, 0.5) is 11.5 Å². The molecule has 25 heavy (non-hydrogen) atoms. The Hall–Kier alpha value is -3.26. The fourth-order valence-electron chi connectivity index (χ4n) is 2.67. The van der Waals surface area contributed by atoms with Gasteiger partial charge in [-0.1, -0.05) is 18.2 Å². The molecule has 1 aromatic carbocycles. The Labute approximate surface area is 144 Å². The molecule has 3 heterocycles. The van der Waals surface area contributed by atoms with Gasteiger partial charge in [-0.25, -0.2) is 9.67 Å². The summed E-state index contributed by atoms with van der Waals surface area (Å²) in [5.74, 6) is 1.27. The lowest BCUT2D eigenvalue weighted by molar-refractivity contribution is 0.181. The van der Waals surface area contributed by atoms with Crippen LogP contribution >= 0.6 is 0 Å². The number of aromatic nitrogens is 6. The van der Waals surface area contributed by atoms with Gasteiger partial charge in [0.15, 0.2) is 0 Å². The fraction of sp³-hybridized carbons (Fsp3) is 0.176. The van der Waals surface area contributed by atoms with E-state index in [0.29, 0.717) is 12.4 Å². The second-order valence-electron chi connectivity index (χ2n) is 5.55. The van der Waals surface area contributed by atoms with Crippen LogP contribution in [0.3, 0.4) is 0 Å². The average Bonchev–Trinajstić information content (AvgIpc) is 3.23. The van der Waals surface area contributed by atoms with Crippen molar-refractivity contribution in [1.82, 2.24) is 29.4 Å². The molecule has 0 saturated heterocycles. The summed E-state index contributed by atoms with van der Waals surface area (Å²) in [5, 5.41) is 12.1. The van der Waals surface area contributed by atoms with Gasteiger partial charge in [0.1, 0.15) is 12.1 Å². The first-order valence-corrected chi connectivity index (χ1v) is 7.82. The van der Waals surface area contributed by atoms with E-state index in [1.807, 2.05) is 48.0 Å². The second-order valence-corrected chi connectivity index (χ2v) is 5.55. The number of benzene rings is 1. The number of hydrogen-bond donors (Lipinski definition) is 1. The van der Waals surface area contributed by atoms with Gasteiger partial charge in [0.25, 0.3) is 5.78 Å². The molecule has 8 nitrogen and oxygen atoms in total. The van der Waals surface area contributed by atoms with Crippen LogP contribution < -0.4 is 5.32 Å². The molecule has 0 aliphatic heterocycles. The van der Waals surface area contributed by atoms with Gasteiger partial charge in [-0.3, -0.25) is 0 Å². The highest BCUT2D eigenvalue weighted by Crippen LogP contribution is 2.23. The van der Waals surface area contributed by atoms with Gasteiger partial charge in [-0.2, -0.15) is 19.7 Å². The Morgan fingerprint density at radius 2 is 2.00 bits per heavy atom. The van der Waals surface area contributed by atoms with Crippen molar-refractivity contribution in [1.29, 1.82) is 0 Å². The molecule has 0 fully saturated rings. The third-order valence-corrected chi connectivity index (χ3v) is 3.87. The molecule has 0 bridgehead atoms. The van der Waals surface area contributed by atoms with Gasteiger partial charge in [0.2, 0.25) is 0 Å². The highest BCUT2D eigenvalue weighted by Gasteiger charge is 2.12. The van der Waals surface area contributed by atoms with Crippen molar-refractivity contribution in [3.05, 3.63) is 60.3 Å². The first-order chi connectivity index (χ1) is 12.3. The third-order valence-electron chi connectivity index (χ3n) is 3.87. The van der Waals surface area contributed by atoms with Gasteiger partial charge in [0, 0.05) is 13.2 Å². The zero-order valence-corrected chi connectivity index (χ0v) is 13.9. The van der Waals surface area contributed by atoms with Crippen molar-refractivity contribution in [2.45, 2.75) is 13.5 Å². The molecular weight excluding hydrogens is 318 g/mol. The lowest BCUT2D eigenvalue weighted by atomic mass is 10.3. The summed E-state index contributed by atoms with van der Waals surface area (Å²) in [6, 6.07) is 11.9. The predicted molar refractivity (Wildman–Crippen MR) is 93.1 cm³/mol. The Morgan fingerprint density at radius 1 is 1.16 bits per heavy atom. The summed E-state index contributed by atoms with van der Waals surface area (Å²) in [7, 11) is 1.64. The number of nitrogens with one attached hydrogen (secondary N) is 1. The molecule has 0 spiro atoms. The number of fused-ring (bicyclic) bond motifs is 1. The van der Waals surface area contributed by atoms with Crippen molar-refractivity contribution >= 4 is 17.3 Å². The zero-order chi connectivity index (χ0) is 17.2. The van der Waals surface area contributed by atoms with Crippen LogP contribution in [0.25, 0.3) is 11.5 Å². The monoisotopic (exact) mass is 335 g/mol. The number of para-hydroxylation sites is 1. The molecule has 4 aromatic rings. The Bertz CT molecular complexity index is 1010. The molecule has 1 N–H and O–H groups in total. The van der Waals surface area contributed by atoms with E-state index in [1.54, 1.807) is 17.8 Å². The topological polar surface area (TPSA) is 82.2 Å². The van der Waals surface area contributed by atoms with Gasteiger partial charge in [-0.15, -0.1) is 0 Å². The van der Waals surface area contributed by atoms with Crippen molar-refractivity contribution < 1.29 is 4.74 Å². The molecule has 4 rings (SSSR count). The van der Waals surface area contributed by atoms with Gasteiger partial charge in [-0.05, 0) is 19.1 Å². The van der Waals surface area contributed by atoms with Crippen molar-refractivity contribution in [2.75, 3.05) is 12.4 Å². The maximum Gasteiger partial charge on any atom is 0.254 e. The minimum Gasteiger partial charge on any atom is -0.378 e. The molecule has 126 valence electrons. The summed E-state index contributed by atoms with van der Waals surface area (Å²) < 4.78 is 8.72. The quantitative estimate of drug-likeness (QED) is 0.603. The SMILES string of the molecule is COCc1cc(Nc2cnn(-c3ccccc3)c2C)n2ncnc2n1. The number of anilines is 2. The zero-order valence-electron chi connectivity index (χ0n) is 13.9. The van der Waals surface area contributed by atoms with E-state index in [4.69, 9.17) is 4.74 Å². The molecular formula is C17H17N7O. The molecule has 0 radical (unpaired) electrons. The van der Waals surface area contributed by atoms with E-state index in [2.05, 4.69) is 25.5 Å². The molecule has 0 atom stereocenters. The van der Waals surface area contributed by atoms with Crippen molar-refractivity contribution in [2.24, 2.45) is 0 Å². The Morgan fingerprint density at radius 3 is 2.80 bits per heavy atom. The van der Waals surface area contributed by atoms with Gasteiger partial charge in [0.05, 0.1) is 35.6 Å². The van der Waals surface area contributed by atoms with Crippen LogP contribution in [0, 0.1) is 6.92 Å². The van der Waals surface area contributed by atoms with E-state index in [0.717, 1.165) is 28.6 Å². The van der Waals surface area contributed by atoms with E-state index in [9.17, 15) is 0 Å². The predicted octanol–water partition coefficient (Wildman–Crippen LogP) is 2.51. The van der Waals surface area contributed by atoms with Gasteiger partial charge >= 0.3 is 0 Å². The van der Waals surface area contributed by atoms with Crippen LogP contribution in [0.2, 0.25) is 0 Å². The summed E-state index contributed by atoms with van der Waals surface area (Å²) in [6.45, 7) is 2.42. The van der Waals surface area contributed by atoms with Crippen LogP contribution in [0.5, 0.6) is 0 Å². The van der Waals surface area contributed by atoms with Crippen molar-refractivity contribution in [3.8, 4) is 5.69 Å². The summed E-state index contributed by atoms with van der Waals surface area (Å²) >= 11 is 0. The highest BCUT2D eigenvalue weighted by molar-refractivity contribution is 5.61. The average molecular weight is 335 g/mol. The van der Waals surface area contributed by atoms with Crippen LogP contribution in [-0.4, -0.2) is 36.5 Å². The normalized spacial score (nSPS) is 11.1. The molecule has 0 saturated carbocycles. The first-order valence-electron chi connectivity index (χ1n) is 7.82. The molecule has 0 unspecified atom stereocenters. The minimum absolute atomic E-state index is 0.403. The van der Waals surface area contributed by atoms with E-state index >= 15 is 0 Å². The molecule has 0 aliphatic rings.